The molecule has 6 nitrogen and oxygen atoms in total. The molecule has 0 amide bonds. The van der Waals surface area contributed by atoms with Crippen molar-refractivity contribution in [3.63, 3.8) is 0 Å². The van der Waals surface area contributed by atoms with E-state index in [0.29, 0.717) is 17.1 Å². The fraction of sp³-hybridized carbons (Fsp3) is 0.261. The highest BCUT2D eigenvalue weighted by molar-refractivity contribution is 7.98. The molecule has 0 saturated carbocycles. The molecule has 0 aliphatic rings. The summed E-state index contributed by atoms with van der Waals surface area (Å²) in [6.45, 7) is 4.06. The molecule has 30 heavy (non-hydrogen) atoms. The smallest absolute Gasteiger partial charge is 0.306 e. The summed E-state index contributed by atoms with van der Waals surface area (Å²) < 4.78 is 10.7. The molecule has 3 rings (SSSR count). The Morgan fingerprint density at radius 2 is 2.07 bits per heavy atom. The molecule has 0 unspecified atom stereocenters. The first kappa shape index (κ1) is 21.6. The lowest BCUT2D eigenvalue weighted by Gasteiger charge is -2.17. The Balaban J connectivity index is 1.95. The molecular formula is C23H23NO5S. The monoisotopic (exact) mass is 425 g/mol. The Morgan fingerprint density at radius 1 is 1.27 bits per heavy atom. The molecule has 0 saturated heterocycles. The Hall–Kier alpha value is -3.06. The van der Waals surface area contributed by atoms with Crippen LogP contribution in [0.5, 0.6) is 5.75 Å². The molecule has 0 fully saturated rings. The summed E-state index contributed by atoms with van der Waals surface area (Å²) in [4.78, 5) is 29.6. The van der Waals surface area contributed by atoms with E-state index in [0.717, 1.165) is 10.5 Å². The second kappa shape index (κ2) is 9.63. The van der Waals surface area contributed by atoms with Gasteiger partial charge in [-0.2, -0.15) is 0 Å². The van der Waals surface area contributed by atoms with Gasteiger partial charge in [0.1, 0.15) is 5.76 Å². The lowest BCUT2D eigenvalue weighted by Crippen LogP contribution is -2.14. The zero-order valence-corrected chi connectivity index (χ0v) is 17.9. The number of thioether (sulfide) groups is 1. The van der Waals surface area contributed by atoms with Gasteiger partial charge in [0.25, 0.3) is 0 Å². The van der Waals surface area contributed by atoms with E-state index in [-0.39, 0.29) is 12.2 Å². The van der Waals surface area contributed by atoms with Gasteiger partial charge in [0.05, 0.1) is 25.2 Å². The Morgan fingerprint density at radius 3 is 2.73 bits per heavy atom. The van der Waals surface area contributed by atoms with E-state index in [4.69, 9.17) is 9.15 Å². The summed E-state index contributed by atoms with van der Waals surface area (Å²) in [5, 5.41) is 10.4. The van der Waals surface area contributed by atoms with Crippen LogP contribution in [0.25, 0.3) is 0 Å². The number of carbonyl (C=O) groups is 1. The molecule has 156 valence electrons. The average molecular weight is 426 g/mol. The average Bonchev–Trinajstić information content (AvgIpc) is 2.74. The molecule has 2 heterocycles. The molecular weight excluding hydrogens is 402 g/mol. The van der Waals surface area contributed by atoms with Gasteiger partial charge in [-0.15, -0.1) is 11.8 Å². The first-order valence-electron chi connectivity index (χ1n) is 9.41. The number of aromatic nitrogens is 1. The molecule has 2 aromatic heterocycles. The number of nitrogens with zero attached hydrogens (tertiary/aromatic N) is 1. The molecule has 0 radical (unpaired) electrons. The third kappa shape index (κ3) is 5.10. The van der Waals surface area contributed by atoms with Crippen molar-refractivity contribution < 1.29 is 19.1 Å². The summed E-state index contributed by atoms with van der Waals surface area (Å²) in [5.41, 5.74) is 2.41. The Labute approximate surface area is 178 Å². The van der Waals surface area contributed by atoms with Crippen LogP contribution >= 0.6 is 11.8 Å². The van der Waals surface area contributed by atoms with E-state index in [1.807, 2.05) is 26.0 Å². The van der Waals surface area contributed by atoms with Crippen molar-refractivity contribution >= 4 is 17.7 Å². The standard InChI is InChI=1S/C23H23NO5S/c1-14-6-7-20(15(2)9-14)30-13-17-10-19(25)22(27)23(29-17)18(11-21(26)28-3)16-5-4-8-24-12-16/h4-10,12,18,27H,11,13H2,1-3H3/t18-/m1/s1. The van der Waals surface area contributed by atoms with Crippen LogP contribution in [0, 0.1) is 13.8 Å². The number of carbonyl (C=O) groups excluding carboxylic acids is 1. The van der Waals surface area contributed by atoms with Crippen molar-refractivity contribution in [1.29, 1.82) is 0 Å². The largest absolute Gasteiger partial charge is 0.502 e. The zero-order chi connectivity index (χ0) is 21.7. The highest BCUT2D eigenvalue weighted by Gasteiger charge is 2.26. The number of hydrogen-bond acceptors (Lipinski definition) is 7. The maximum atomic E-state index is 12.4. The minimum atomic E-state index is -0.690. The minimum Gasteiger partial charge on any atom is -0.502 e. The number of methoxy groups -OCH3 is 1. The van der Waals surface area contributed by atoms with E-state index in [2.05, 4.69) is 11.1 Å². The van der Waals surface area contributed by atoms with Gasteiger partial charge in [-0.05, 0) is 37.1 Å². The maximum Gasteiger partial charge on any atom is 0.306 e. The highest BCUT2D eigenvalue weighted by atomic mass is 32.2. The predicted octanol–water partition coefficient (Wildman–Crippen LogP) is 4.34. The van der Waals surface area contributed by atoms with Gasteiger partial charge in [-0.3, -0.25) is 14.6 Å². The van der Waals surface area contributed by atoms with Gasteiger partial charge in [0, 0.05) is 23.4 Å². The number of aromatic hydroxyl groups is 1. The SMILES string of the molecule is COC(=O)C[C@H](c1cccnc1)c1oc(CSc2ccc(C)cc2C)cc(=O)c1O. The van der Waals surface area contributed by atoms with Crippen LogP contribution in [-0.2, 0) is 15.3 Å². The molecule has 0 aliphatic carbocycles. The van der Waals surface area contributed by atoms with E-state index in [1.54, 1.807) is 24.5 Å². The summed E-state index contributed by atoms with van der Waals surface area (Å²) in [6, 6.07) is 10.9. The van der Waals surface area contributed by atoms with Crippen LogP contribution in [0.1, 0.15) is 40.5 Å². The molecule has 1 N–H and O–H groups in total. The van der Waals surface area contributed by atoms with Crippen molar-refractivity contribution in [2.45, 2.75) is 36.8 Å². The van der Waals surface area contributed by atoms with Crippen molar-refractivity contribution in [2.24, 2.45) is 0 Å². The topological polar surface area (TPSA) is 89.6 Å². The van der Waals surface area contributed by atoms with Crippen LogP contribution in [0.2, 0.25) is 0 Å². The maximum absolute atomic E-state index is 12.4. The van der Waals surface area contributed by atoms with Gasteiger partial charge in [0.2, 0.25) is 11.2 Å². The van der Waals surface area contributed by atoms with Crippen LogP contribution in [-0.4, -0.2) is 23.2 Å². The quantitative estimate of drug-likeness (QED) is 0.445. The Kier molecular flexibility index (Phi) is 6.95. The molecule has 1 aromatic carbocycles. The molecule has 7 heteroatoms. The number of benzene rings is 1. The summed E-state index contributed by atoms with van der Waals surface area (Å²) >= 11 is 1.54. The molecule has 0 aliphatic heterocycles. The van der Waals surface area contributed by atoms with Gasteiger partial charge < -0.3 is 14.3 Å². The normalized spacial score (nSPS) is 11.8. The third-order valence-corrected chi connectivity index (χ3v) is 5.90. The minimum absolute atomic E-state index is 0.0390. The highest BCUT2D eigenvalue weighted by Crippen LogP contribution is 2.34. The van der Waals surface area contributed by atoms with E-state index in [9.17, 15) is 14.7 Å². The van der Waals surface area contributed by atoms with Crippen molar-refractivity contribution in [3.05, 3.63) is 87.2 Å². The number of aryl methyl sites for hydroxylation is 2. The van der Waals surface area contributed by atoms with Crippen molar-refractivity contribution in [2.75, 3.05) is 7.11 Å². The third-order valence-electron chi connectivity index (χ3n) is 4.70. The number of rotatable bonds is 7. The van der Waals surface area contributed by atoms with Crippen LogP contribution in [0.4, 0.5) is 0 Å². The number of hydrogen-bond donors (Lipinski definition) is 1. The molecule has 1 atom stereocenters. The second-order valence-corrected chi connectivity index (χ2v) is 7.98. The first-order chi connectivity index (χ1) is 14.4. The number of ether oxygens (including phenoxy) is 1. The van der Waals surface area contributed by atoms with Gasteiger partial charge in [-0.25, -0.2) is 0 Å². The van der Waals surface area contributed by atoms with E-state index in [1.165, 1.54) is 30.5 Å². The molecule has 0 bridgehead atoms. The number of pyridine rings is 1. The summed E-state index contributed by atoms with van der Waals surface area (Å²) in [6.07, 6.45) is 3.09. The van der Waals surface area contributed by atoms with Gasteiger partial charge in [0.15, 0.2) is 5.76 Å². The predicted molar refractivity (Wildman–Crippen MR) is 115 cm³/mol. The van der Waals surface area contributed by atoms with E-state index < -0.39 is 23.1 Å². The van der Waals surface area contributed by atoms with E-state index >= 15 is 0 Å². The zero-order valence-electron chi connectivity index (χ0n) is 17.0. The van der Waals surface area contributed by atoms with Crippen molar-refractivity contribution in [1.82, 2.24) is 4.98 Å². The van der Waals surface area contributed by atoms with Crippen LogP contribution in [0.15, 0.2) is 62.9 Å². The lowest BCUT2D eigenvalue weighted by molar-refractivity contribution is -0.140. The van der Waals surface area contributed by atoms with Crippen LogP contribution < -0.4 is 5.43 Å². The van der Waals surface area contributed by atoms with Crippen LogP contribution in [0.3, 0.4) is 0 Å². The summed E-state index contributed by atoms with van der Waals surface area (Å²) in [7, 11) is 1.29. The fourth-order valence-corrected chi connectivity index (χ4v) is 4.06. The fourth-order valence-electron chi connectivity index (χ4n) is 3.17. The lowest BCUT2D eigenvalue weighted by atomic mass is 9.93. The molecule has 3 aromatic rings. The first-order valence-corrected chi connectivity index (χ1v) is 10.4. The summed E-state index contributed by atoms with van der Waals surface area (Å²) in [5.74, 6) is -0.822. The Bertz CT molecular complexity index is 1090. The second-order valence-electron chi connectivity index (χ2n) is 6.97. The van der Waals surface area contributed by atoms with Gasteiger partial charge >= 0.3 is 5.97 Å². The number of esters is 1. The van der Waals surface area contributed by atoms with Gasteiger partial charge in [-0.1, -0.05) is 23.8 Å². The molecule has 0 spiro atoms. The van der Waals surface area contributed by atoms with Crippen molar-refractivity contribution in [3.8, 4) is 5.75 Å².